The van der Waals surface area contributed by atoms with Crippen molar-refractivity contribution in [2.24, 2.45) is 5.92 Å². The SMILES string of the molecule is CC(CO)NS(=O)(=O)CC1CCC1. The van der Waals surface area contributed by atoms with E-state index in [1.807, 2.05) is 0 Å². The minimum absolute atomic E-state index is 0.149. The van der Waals surface area contributed by atoms with Crippen LogP contribution in [0.1, 0.15) is 26.2 Å². The van der Waals surface area contributed by atoms with E-state index in [1.165, 1.54) is 0 Å². The average Bonchev–Trinajstić information content (AvgIpc) is 1.96. The van der Waals surface area contributed by atoms with Crippen molar-refractivity contribution in [2.45, 2.75) is 32.2 Å². The lowest BCUT2D eigenvalue weighted by atomic mass is 9.87. The summed E-state index contributed by atoms with van der Waals surface area (Å²) in [5.41, 5.74) is 0. The maximum atomic E-state index is 11.4. The molecule has 1 unspecified atom stereocenters. The fourth-order valence-electron chi connectivity index (χ4n) is 1.36. The zero-order valence-electron chi connectivity index (χ0n) is 7.86. The monoisotopic (exact) mass is 207 g/mol. The number of hydrogen-bond donors (Lipinski definition) is 2. The van der Waals surface area contributed by atoms with E-state index in [9.17, 15) is 8.42 Å². The first-order chi connectivity index (χ1) is 6.03. The molecule has 78 valence electrons. The number of aliphatic hydroxyl groups is 1. The van der Waals surface area contributed by atoms with Crippen LogP contribution in [0.15, 0.2) is 0 Å². The van der Waals surface area contributed by atoms with Gasteiger partial charge in [0.2, 0.25) is 10.0 Å². The van der Waals surface area contributed by atoms with Crippen molar-refractivity contribution in [1.29, 1.82) is 0 Å². The Labute approximate surface area is 79.4 Å². The van der Waals surface area contributed by atoms with Gasteiger partial charge in [0.15, 0.2) is 0 Å². The summed E-state index contributed by atoms with van der Waals surface area (Å²) < 4.78 is 25.2. The van der Waals surface area contributed by atoms with Gasteiger partial charge in [-0.2, -0.15) is 0 Å². The lowest BCUT2D eigenvalue weighted by Crippen LogP contribution is -2.39. The van der Waals surface area contributed by atoms with Crippen LogP contribution in [-0.2, 0) is 10.0 Å². The third-order valence-electron chi connectivity index (χ3n) is 2.33. The molecule has 5 heteroatoms. The first kappa shape index (κ1) is 10.9. The Bertz CT molecular complexity index is 233. The molecular formula is C8H17NO3S. The lowest BCUT2D eigenvalue weighted by Gasteiger charge is -2.25. The van der Waals surface area contributed by atoms with Gasteiger partial charge in [0.05, 0.1) is 12.4 Å². The molecule has 0 spiro atoms. The maximum absolute atomic E-state index is 11.4. The number of aliphatic hydroxyl groups excluding tert-OH is 1. The van der Waals surface area contributed by atoms with Crippen molar-refractivity contribution in [3.05, 3.63) is 0 Å². The molecule has 0 bridgehead atoms. The summed E-state index contributed by atoms with van der Waals surface area (Å²) in [6.45, 7) is 1.50. The highest BCUT2D eigenvalue weighted by atomic mass is 32.2. The van der Waals surface area contributed by atoms with Gasteiger partial charge < -0.3 is 5.11 Å². The van der Waals surface area contributed by atoms with E-state index in [0.29, 0.717) is 5.92 Å². The first-order valence-electron chi connectivity index (χ1n) is 4.64. The Morgan fingerprint density at radius 2 is 2.15 bits per heavy atom. The summed E-state index contributed by atoms with van der Waals surface area (Å²) in [4.78, 5) is 0. The standard InChI is InChI=1S/C8H17NO3S/c1-7(5-10)9-13(11,12)6-8-3-2-4-8/h7-10H,2-6H2,1H3. The van der Waals surface area contributed by atoms with Crippen LogP contribution in [-0.4, -0.2) is 31.9 Å². The first-order valence-corrected chi connectivity index (χ1v) is 6.29. The van der Waals surface area contributed by atoms with E-state index >= 15 is 0 Å². The van der Waals surface area contributed by atoms with Crippen LogP contribution in [0.4, 0.5) is 0 Å². The molecule has 0 aliphatic heterocycles. The second-order valence-electron chi connectivity index (χ2n) is 3.78. The molecule has 1 fully saturated rings. The van der Waals surface area contributed by atoms with Crippen molar-refractivity contribution in [3.8, 4) is 0 Å². The van der Waals surface area contributed by atoms with E-state index in [-0.39, 0.29) is 18.4 Å². The van der Waals surface area contributed by atoms with Gasteiger partial charge in [-0.25, -0.2) is 13.1 Å². The van der Waals surface area contributed by atoms with E-state index < -0.39 is 10.0 Å². The summed E-state index contributed by atoms with van der Waals surface area (Å²) in [5, 5.41) is 8.68. The quantitative estimate of drug-likeness (QED) is 0.671. The van der Waals surface area contributed by atoms with Gasteiger partial charge in [0.25, 0.3) is 0 Å². The van der Waals surface area contributed by atoms with Gasteiger partial charge in [0, 0.05) is 6.04 Å². The largest absolute Gasteiger partial charge is 0.395 e. The van der Waals surface area contributed by atoms with Crippen molar-refractivity contribution in [1.82, 2.24) is 4.72 Å². The van der Waals surface area contributed by atoms with Gasteiger partial charge in [0.1, 0.15) is 0 Å². The van der Waals surface area contributed by atoms with Crippen LogP contribution in [0.2, 0.25) is 0 Å². The van der Waals surface area contributed by atoms with E-state index in [0.717, 1.165) is 19.3 Å². The molecule has 1 atom stereocenters. The summed E-state index contributed by atoms with van der Waals surface area (Å²) in [5.74, 6) is 0.556. The molecule has 1 rings (SSSR count). The minimum atomic E-state index is -3.16. The molecule has 0 heterocycles. The van der Waals surface area contributed by atoms with Crippen LogP contribution in [0, 0.1) is 5.92 Å². The number of sulfonamides is 1. The van der Waals surface area contributed by atoms with Crippen molar-refractivity contribution in [2.75, 3.05) is 12.4 Å². The number of nitrogens with one attached hydrogen (secondary N) is 1. The van der Waals surface area contributed by atoms with Gasteiger partial charge in [-0.1, -0.05) is 6.42 Å². The second-order valence-corrected chi connectivity index (χ2v) is 5.58. The molecule has 1 aliphatic carbocycles. The highest BCUT2D eigenvalue weighted by molar-refractivity contribution is 7.89. The van der Waals surface area contributed by atoms with Crippen molar-refractivity contribution in [3.63, 3.8) is 0 Å². The lowest BCUT2D eigenvalue weighted by molar-refractivity contribution is 0.264. The van der Waals surface area contributed by atoms with Gasteiger partial charge >= 0.3 is 0 Å². The summed E-state index contributed by atoms with van der Waals surface area (Å²) in [6, 6.07) is -0.370. The van der Waals surface area contributed by atoms with E-state index in [4.69, 9.17) is 5.11 Å². The van der Waals surface area contributed by atoms with E-state index in [2.05, 4.69) is 4.72 Å². The highest BCUT2D eigenvalue weighted by Crippen LogP contribution is 2.27. The highest BCUT2D eigenvalue weighted by Gasteiger charge is 2.25. The fraction of sp³-hybridized carbons (Fsp3) is 1.00. The molecule has 0 aromatic heterocycles. The zero-order valence-corrected chi connectivity index (χ0v) is 8.68. The second kappa shape index (κ2) is 4.39. The average molecular weight is 207 g/mol. The predicted octanol–water partition coefficient (Wildman–Crippen LogP) is 0.0867. The van der Waals surface area contributed by atoms with Crippen LogP contribution in [0.5, 0.6) is 0 Å². The molecule has 4 nitrogen and oxygen atoms in total. The molecule has 0 amide bonds. The third-order valence-corrected chi connectivity index (χ3v) is 4.01. The van der Waals surface area contributed by atoms with Gasteiger partial charge in [-0.05, 0) is 25.7 Å². The Morgan fingerprint density at radius 1 is 1.54 bits per heavy atom. The Balaban J connectivity index is 2.36. The molecular weight excluding hydrogens is 190 g/mol. The van der Waals surface area contributed by atoms with Crippen LogP contribution < -0.4 is 4.72 Å². The summed E-state index contributed by atoms with van der Waals surface area (Å²) >= 11 is 0. The molecule has 1 aliphatic rings. The summed E-state index contributed by atoms with van der Waals surface area (Å²) in [7, 11) is -3.16. The van der Waals surface area contributed by atoms with Crippen LogP contribution >= 0.6 is 0 Å². The van der Waals surface area contributed by atoms with E-state index in [1.54, 1.807) is 6.92 Å². The molecule has 0 saturated heterocycles. The maximum Gasteiger partial charge on any atom is 0.212 e. The van der Waals surface area contributed by atoms with Gasteiger partial charge in [-0.3, -0.25) is 0 Å². The Kier molecular flexibility index (Phi) is 3.70. The molecule has 2 N–H and O–H groups in total. The number of rotatable bonds is 5. The van der Waals surface area contributed by atoms with Crippen LogP contribution in [0.3, 0.4) is 0 Å². The van der Waals surface area contributed by atoms with Gasteiger partial charge in [-0.15, -0.1) is 0 Å². The normalized spacial score (nSPS) is 21.1. The topological polar surface area (TPSA) is 66.4 Å². The number of hydrogen-bond acceptors (Lipinski definition) is 3. The third kappa shape index (κ3) is 3.62. The molecule has 0 radical (unpaired) electrons. The Hall–Kier alpha value is -0.130. The smallest absolute Gasteiger partial charge is 0.212 e. The van der Waals surface area contributed by atoms with Crippen molar-refractivity contribution >= 4 is 10.0 Å². The van der Waals surface area contributed by atoms with Crippen LogP contribution in [0.25, 0.3) is 0 Å². The molecule has 13 heavy (non-hydrogen) atoms. The molecule has 1 saturated carbocycles. The Morgan fingerprint density at radius 3 is 2.54 bits per heavy atom. The zero-order chi connectivity index (χ0) is 9.90. The molecule has 0 aromatic carbocycles. The van der Waals surface area contributed by atoms with Crippen molar-refractivity contribution < 1.29 is 13.5 Å². The molecule has 0 aromatic rings. The predicted molar refractivity (Wildman–Crippen MR) is 50.8 cm³/mol. The fourth-order valence-corrected chi connectivity index (χ4v) is 3.10. The minimum Gasteiger partial charge on any atom is -0.395 e. The summed E-state index contributed by atoms with van der Waals surface area (Å²) in [6.07, 6.45) is 3.19.